The predicted molar refractivity (Wildman–Crippen MR) is 124 cm³/mol. The molecule has 3 aromatic carbocycles. The molecule has 0 bridgehead atoms. The van der Waals surface area contributed by atoms with Crippen LogP contribution in [0, 0.1) is 17.1 Å². The Bertz CT molecular complexity index is 1310. The normalized spacial score (nSPS) is 12.4. The zero-order valence-corrected chi connectivity index (χ0v) is 18.1. The van der Waals surface area contributed by atoms with Crippen molar-refractivity contribution in [2.24, 2.45) is 0 Å². The topological polar surface area (TPSA) is 85.2 Å². The van der Waals surface area contributed by atoms with Crippen LogP contribution >= 0.6 is 0 Å². The van der Waals surface area contributed by atoms with E-state index in [1.807, 2.05) is 6.07 Å². The molecular formula is C26H19F4N3O2. The Morgan fingerprint density at radius 2 is 1.69 bits per heavy atom. The lowest BCUT2D eigenvalue weighted by Gasteiger charge is -2.16. The standard InChI is InChI=1S/C26H19F4N3O2/c1-16(26(28,29)30)10-23(32-21-9-5-6-17(11-21)15-31)25(35)33-22-13-19(12-20(27)14-22)24(34)18-7-3-2-4-8-18/h2-14,24,32,34H,1H2,(H,33,35)/b23-10-. The van der Waals surface area contributed by atoms with Crippen molar-refractivity contribution in [2.75, 3.05) is 10.6 Å². The summed E-state index contributed by atoms with van der Waals surface area (Å²) in [5, 5.41) is 24.5. The number of carbonyl (C=O) groups is 1. The number of halogens is 4. The van der Waals surface area contributed by atoms with Crippen molar-refractivity contribution in [2.45, 2.75) is 12.3 Å². The summed E-state index contributed by atoms with van der Waals surface area (Å²) in [5.74, 6) is -1.80. The maximum atomic E-state index is 14.3. The Morgan fingerprint density at radius 1 is 0.971 bits per heavy atom. The van der Waals surface area contributed by atoms with E-state index in [-0.39, 0.29) is 22.5 Å². The molecule has 0 radical (unpaired) electrons. The minimum Gasteiger partial charge on any atom is -0.384 e. The van der Waals surface area contributed by atoms with Crippen molar-refractivity contribution in [3.8, 4) is 6.07 Å². The molecule has 3 N–H and O–H groups in total. The molecule has 0 aliphatic heterocycles. The molecule has 0 spiro atoms. The molecule has 0 heterocycles. The molecule has 0 saturated carbocycles. The highest BCUT2D eigenvalue weighted by molar-refractivity contribution is 6.06. The van der Waals surface area contributed by atoms with Gasteiger partial charge in [0.2, 0.25) is 0 Å². The predicted octanol–water partition coefficient (Wildman–Crippen LogP) is 5.83. The van der Waals surface area contributed by atoms with Crippen LogP contribution in [-0.2, 0) is 4.79 Å². The molecule has 0 saturated heterocycles. The number of nitrogens with one attached hydrogen (secondary N) is 2. The molecule has 0 aliphatic carbocycles. The van der Waals surface area contributed by atoms with E-state index in [2.05, 4.69) is 17.2 Å². The fraction of sp³-hybridized carbons (Fsp3) is 0.0769. The number of rotatable bonds is 7. The molecule has 1 unspecified atom stereocenters. The zero-order chi connectivity index (χ0) is 25.6. The van der Waals surface area contributed by atoms with Crippen LogP contribution in [0.2, 0.25) is 0 Å². The summed E-state index contributed by atoms with van der Waals surface area (Å²) in [7, 11) is 0. The van der Waals surface area contributed by atoms with E-state index < -0.39 is 35.3 Å². The van der Waals surface area contributed by atoms with Crippen molar-refractivity contribution >= 4 is 17.3 Å². The number of anilines is 2. The van der Waals surface area contributed by atoms with Crippen LogP contribution in [0.4, 0.5) is 28.9 Å². The Balaban J connectivity index is 1.92. The van der Waals surface area contributed by atoms with Crippen molar-refractivity contribution in [3.63, 3.8) is 0 Å². The fourth-order valence-electron chi connectivity index (χ4n) is 3.11. The number of allylic oxidation sites excluding steroid dienone is 2. The third kappa shape index (κ3) is 6.79. The van der Waals surface area contributed by atoms with Gasteiger partial charge in [0.15, 0.2) is 0 Å². The van der Waals surface area contributed by atoms with E-state index >= 15 is 0 Å². The largest absolute Gasteiger partial charge is 0.415 e. The summed E-state index contributed by atoms with van der Waals surface area (Å²) in [4.78, 5) is 12.9. The molecule has 0 aliphatic rings. The first kappa shape index (κ1) is 25.2. The summed E-state index contributed by atoms with van der Waals surface area (Å²) in [6, 6.07) is 19.4. The molecule has 3 aromatic rings. The van der Waals surface area contributed by atoms with Crippen LogP contribution in [0.15, 0.2) is 96.7 Å². The van der Waals surface area contributed by atoms with Gasteiger partial charge in [-0.15, -0.1) is 0 Å². The number of aliphatic hydroxyl groups is 1. The van der Waals surface area contributed by atoms with Crippen molar-refractivity contribution < 1.29 is 27.5 Å². The first-order valence-corrected chi connectivity index (χ1v) is 10.2. The highest BCUT2D eigenvalue weighted by atomic mass is 19.4. The number of amides is 1. The number of carbonyl (C=O) groups excluding carboxylic acids is 1. The monoisotopic (exact) mass is 481 g/mol. The van der Waals surface area contributed by atoms with E-state index in [9.17, 15) is 27.5 Å². The molecular weight excluding hydrogens is 462 g/mol. The molecule has 0 fully saturated rings. The van der Waals surface area contributed by atoms with Crippen molar-refractivity contribution in [3.05, 3.63) is 119 Å². The van der Waals surface area contributed by atoms with Gasteiger partial charge in [-0.1, -0.05) is 43.0 Å². The third-order valence-corrected chi connectivity index (χ3v) is 4.81. The summed E-state index contributed by atoms with van der Waals surface area (Å²) >= 11 is 0. The summed E-state index contributed by atoms with van der Waals surface area (Å²) in [6.07, 6.45) is -5.49. The summed E-state index contributed by atoms with van der Waals surface area (Å²) in [5.41, 5.74) is -0.921. The zero-order valence-electron chi connectivity index (χ0n) is 18.1. The Labute approximate surface area is 198 Å². The van der Waals surface area contributed by atoms with Gasteiger partial charge in [0, 0.05) is 11.4 Å². The van der Waals surface area contributed by atoms with E-state index in [1.165, 1.54) is 30.3 Å². The van der Waals surface area contributed by atoms with Gasteiger partial charge in [0.05, 0.1) is 17.2 Å². The average molecular weight is 481 g/mol. The maximum Gasteiger partial charge on any atom is 0.415 e. The molecule has 3 rings (SSSR count). The second-order valence-electron chi connectivity index (χ2n) is 7.44. The molecule has 1 amide bonds. The van der Waals surface area contributed by atoms with Crippen LogP contribution < -0.4 is 10.6 Å². The van der Waals surface area contributed by atoms with Crippen LogP contribution in [0.1, 0.15) is 22.8 Å². The van der Waals surface area contributed by atoms with Crippen LogP contribution in [0.5, 0.6) is 0 Å². The van der Waals surface area contributed by atoms with Crippen molar-refractivity contribution in [1.82, 2.24) is 0 Å². The first-order chi connectivity index (χ1) is 16.6. The SMILES string of the molecule is C=C(/C=C(\Nc1cccc(C#N)c1)C(=O)Nc1cc(F)cc(C(O)c2ccccc2)c1)C(F)(F)F. The Morgan fingerprint density at radius 3 is 2.34 bits per heavy atom. The van der Waals surface area contributed by atoms with Gasteiger partial charge >= 0.3 is 6.18 Å². The highest BCUT2D eigenvalue weighted by Gasteiger charge is 2.31. The Hall–Kier alpha value is -4.42. The minimum atomic E-state index is -4.80. The second-order valence-corrected chi connectivity index (χ2v) is 7.44. The van der Waals surface area contributed by atoms with Gasteiger partial charge in [-0.25, -0.2) is 4.39 Å². The number of hydrogen-bond donors (Lipinski definition) is 3. The summed E-state index contributed by atoms with van der Waals surface area (Å²) in [6.45, 7) is 2.95. The number of aliphatic hydroxyl groups excluding tert-OH is 1. The molecule has 0 aromatic heterocycles. The first-order valence-electron chi connectivity index (χ1n) is 10.2. The average Bonchev–Trinajstić information content (AvgIpc) is 2.82. The van der Waals surface area contributed by atoms with Crippen LogP contribution in [-0.4, -0.2) is 17.2 Å². The second kappa shape index (κ2) is 10.7. The van der Waals surface area contributed by atoms with Gasteiger partial charge in [-0.3, -0.25) is 4.79 Å². The van der Waals surface area contributed by atoms with Gasteiger partial charge in [-0.2, -0.15) is 18.4 Å². The fourth-order valence-corrected chi connectivity index (χ4v) is 3.11. The maximum absolute atomic E-state index is 14.3. The quantitative estimate of drug-likeness (QED) is 0.225. The highest BCUT2D eigenvalue weighted by Crippen LogP contribution is 2.28. The number of hydrogen-bond acceptors (Lipinski definition) is 4. The number of nitriles is 1. The molecule has 9 heteroatoms. The van der Waals surface area contributed by atoms with E-state index in [4.69, 9.17) is 5.26 Å². The van der Waals surface area contributed by atoms with Gasteiger partial charge in [-0.05, 0) is 53.6 Å². The minimum absolute atomic E-state index is 0.0870. The Kier molecular flexibility index (Phi) is 7.69. The van der Waals surface area contributed by atoms with Crippen LogP contribution in [0.25, 0.3) is 0 Å². The molecule has 5 nitrogen and oxygen atoms in total. The number of benzene rings is 3. The number of alkyl halides is 3. The molecule has 1 atom stereocenters. The van der Waals surface area contributed by atoms with E-state index in [1.54, 1.807) is 30.3 Å². The van der Waals surface area contributed by atoms with Crippen molar-refractivity contribution in [1.29, 1.82) is 5.26 Å². The molecule has 35 heavy (non-hydrogen) atoms. The lowest BCUT2D eigenvalue weighted by Crippen LogP contribution is -2.22. The van der Waals surface area contributed by atoms with Gasteiger partial charge < -0.3 is 15.7 Å². The van der Waals surface area contributed by atoms with Gasteiger partial charge in [0.1, 0.15) is 17.6 Å². The number of nitrogens with zero attached hydrogens (tertiary/aromatic N) is 1. The van der Waals surface area contributed by atoms with Gasteiger partial charge in [0.25, 0.3) is 5.91 Å². The van der Waals surface area contributed by atoms with E-state index in [0.29, 0.717) is 11.6 Å². The van der Waals surface area contributed by atoms with E-state index in [0.717, 1.165) is 12.1 Å². The third-order valence-electron chi connectivity index (χ3n) is 4.81. The lowest BCUT2D eigenvalue weighted by molar-refractivity contribution is -0.112. The molecule has 178 valence electrons. The van der Waals surface area contributed by atoms with Crippen LogP contribution in [0.3, 0.4) is 0 Å². The summed E-state index contributed by atoms with van der Waals surface area (Å²) < 4.78 is 53.5. The lowest BCUT2D eigenvalue weighted by atomic mass is 10.0. The smallest absolute Gasteiger partial charge is 0.384 e.